The molecule has 1 fully saturated rings. The van der Waals surface area contributed by atoms with E-state index in [0.29, 0.717) is 12.1 Å². The molecule has 1 aliphatic rings. The van der Waals surface area contributed by atoms with Crippen molar-refractivity contribution in [3.8, 4) is 0 Å². The molecule has 0 radical (unpaired) electrons. The van der Waals surface area contributed by atoms with Gasteiger partial charge in [-0.05, 0) is 33.4 Å². The predicted molar refractivity (Wildman–Crippen MR) is 42.1 cm³/mol. The van der Waals surface area contributed by atoms with Gasteiger partial charge >= 0.3 is 0 Å². The Morgan fingerprint density at radius 2 is 2.30 bits per heavy atom. The highest BCUT2D eigenvalue weighted by molar-refractivity contribution is 4.80. The third kappa shape index (κ3) is 1.50. The maximum absolute atomic E-state index is 5.26. The number of nitrogens with zero attached hydrogens (tertiary/aromatic N) is 1. The molecule has 0 N–H and O–H groups in total. The van der Waals surface area contributed by atoms with E-state index in [1.54, 1.807) is 7.11 Å². The average molecular weight is 143 g/mol. The third-order valence-electron chi connectivity index (χ3n) is 2.49. The Balaban J connectivity index is 2.38. The molecular weight excluding hydrogens is 126 g/mol. The van der Waals surface area contributed by atoms with Gasteiger partial charge in [0.05, 0.1) is 6.10 Å². The maximum atomic E-state index is 5.26. The van der Waals surface area contributed by atoms with Crippen molar-refractivity contribution in [3.63, 3.8) is 0 Å². The lowest BCUT2D eigenvalue weighted by molar-refractivity contribution is 0.0531. The summed E-state index contributed by atoms with van der Waals surface area (Å²) in [5.74, 6) is 0. The van der Waals surface area contributed by atoms with Crippen LogP contribution < -0.4 is 0 Å². The van der Waals surface area contributed by atoms with Gasteiger partial charge in [-0.25, -0.2) is 0 Å². The summed E-state index contributed by atoms with van der Waals surface area (Å²) < 4.78 is 5.26. The van der Waals surface area contributed by atoms with Crippen LogP contribution in [0.25, 0.3) is 0 Å². The van der Waals surface area contributed by atoms with E-state index < -0.39 is 0 Å². The van der Waals surface area contributed by atoms with Crippen LogP contribution in [0.15, 0.2) is 0 Å². The molecule has 0 aliphatic carbocycles. The van der Waals surface area contributed by atoms with E-state index in [0.717, 1.165) is 0 Å². The highest BCUT2D eigenvalue weighted by Crippen LogP contribution is 2.18. The van der Waals surface area contributed by atoms with Gasteiger partial charge < -0.3 is 9.64 Å². The minimum absolute atomic E-state index is 0.396. The first-order chi connectivity index (χ1) is 4.75. The smallest absolute Gasteiger partial charge is 0.0698 e. The van der Waals surface area contributed by atoms with E-state index in [9.17, 15) is 0 Å². The van der Waals surface area contributed by atoms with Crippen molar-refractivity contribution in [2.75, 3.05) is 20.7 Å². The molecule has 2 atom stereocenters. The lowest BCUT2D eigenvalue weighted by Crippen LogP contribution is -2.35. The molecule has 1 rings (SSSR count). The normalized spacial score (nSPS) is 30.9. The maximum Gasteiger partial charge on any atom is 0.0698 e. The summed E-state index contributed by atoms with van der Waals surface area (Å²) in [5, 5.41) is 0. The summed E-state index contributed by atoms with van der Waals surface area (Å²) >= 11 is 0. The van der Waals surface area contributed by atoms with Crippen LogP contribution in [0.1, 0.15) is 19.8 Å². The van der Waals surface area contributed by atoms with E-state index in [1.807, 2.05) is 0 Å². The molecule has 10 heavy (non-hydrogen) atoms. The van der Waals surface area contributed by atoms with E-state index in [4.69, 9.17) is 4.74 Å². The van der Waals surface area contributed by atoms with Gasteiger partial charge in [0.25, 0.3) is 0 Å². The number of ether oxygens (including phenoxy) is 1. The van der Waals surface area contributed by atoms with E-state index >= 15 is 0 Å². The van der Waals surface area contributed by atoms with Crippen molar-refractivity contribution in [3.05, 3.63) is 0 Å². The first-order valence-corrected chi connectivity index (χ1v) is 3.98. The minimum Gasteiger partial charge on any atom is -0.380 e. The summed E-state index contributed by atoms with van der Waals surface area (Å²) in [7, 11) is 3.96. The van der Waals surface area contributed by atoms with Crippen LogP contribution >= 0.6 is 0 Å². The number of likely N-dealkylation sites (N-methyl/N-ethyl adjacent to an activating group) is 1. The first kappa shape index (κ1) is 8.02. The van der Waals surface area contributed by atoms with Gasteiger partial charge in [-0.1, -0.05) is 0 Å². The van der Waals surface area contributed by atoms with E-state index in [-0.39, 0.29) is 0 Å². The van der Waals surface area contributed by atoms with Crippen LogP contribution in [0.4, 0.5) is 0 Å². The highest BCUT2D eigenvalue weighted by Gasteiger charge is 2.25. The quantitative estimate of drug-likeness (QED) is 0.574. The van der Waals surface area contributed by atoms with Gasteiger partial charge in [0.1, 0.15) is 0 Å². The Labute approximate surface area is 63.2 Å². The summed E-state index contributed by atoms with van der Waals surface area (Å²) in [4.78, 5) is 2.38. The Hall–Kier alpha value is -0.0800. The number of rotatable bonds is 2. The molecule has 0 amide bonds. The topological polar surface area (TPSA) is 12.5 Å². The molecule has 60 valence electrons. The molecule has 0 aromatic heterocycles. The van der Waals surface area contributed by atoms with Gasteiger partial charge in [-0.15, -0.1) is 0 Å². The Bertz CT molecular complexity index is 105. The van der Waals surface area contributed by atoms with E-state index in [2.05, 4.69) is 18.9 Å². The van der Waals surface area contributed by atoms with Crippen molar-refractivity contribution in [1.82, 2.24) is 4.90 Å². The zero-order valence-electron chi connectivity index (χ0n) is 7.13. The van der Waals surface area contributed by atoms with Gasteiger partial charge in [0.15, 0.2) is 0 Å². The second-order valence-corrected chi connectivity index (χ2v) is 3.13. The summed E-state index contributed by atoms with van der Waals surface area (Å²) in [5.41, 5.74) is 0. The molecule has 0 saturated carbocycles. The molecule has 1 heterocycles. The molecule has 2 nitrogen and oxygen atoms in total. The lowest BCUT2D eigenvalue weighted by Gasteiger charge is -2.24. The Kier molecular flexibility index (Phi) is 2.69. The number of likely N-dealkylation sites (tertiary alicyclic amines) is 1. The molecule has 0 spiro atoms. The van der Waals surface area contributed by atoms with Crippen molar-refractivity contribution >= 4 is 0 Å². The molecular formula is C8H17NO. The summed E-state index contributed by atoms with van der Waals surface area (Å²) in [6, 6.07) is 0.657. The van der Waals surface area contributed by atoms with Gasteiger partial charge in [-0.2, -0.15) is 0 Å². The SMILES string of the molecule is COC(C)C1CCCN1C. The Morgan fingerprint density at radius 1 is 1.60 bits per heavy atom. The van der Waals surface area contributed by atoms with Crippen molar-refractivity contribution in [1.29, 1.82) is 0 Å². The average Bonchev–Trinajstić information content (AvgIpc) is 2.34. The van der Waals surface area contributed by atoms with Gasteiger partial charge in [0.2, 0.25) is 0 Å². The number of hydrogen-bond acceptors (Lipinski definition) is 2. The first-order valence-electron chi connectivity index (χ1n) is 3.98. The third-order valence-corrected chi connectivity index (χ3v) is 2.49. The van der Waals surface area contributed by atoms with Crippen molar-refractivity contribution in [2.24, 2.45) is 0 Å². The minimum atomic E-state index is 0.396. The van der Waals surface area contributed by atoms with Crippen LogP contribution in [0.5, 0.6) is 0 Å². The Morgan fingerprint density at radius 3 is 2.70 bits per heavy atom. The summed E-state index contributed by atoms with van der Waals surface area (Å²) in [6.07, 6.45) is 3.02. The number of hydrogen-bond donors (Lipinski definition) is 0. The fourth-order valence-electron chi connectivity index (χ4n) is 1.69. The van der Waals surface area contributed by atoms with Gasteiger partial charge in [0, 0.05) is 13.2 Å². The summed E-state index contributed by atoms with van der Waals surface area (Å²) in [6.45, 7) is 3.38. The molecule has 2 heteroatoms. The standard InChI is InChI=1S/C8H17NO/c1-7(10-3)8-5-4-6-9(8)2/h7-8H,4-6H2,1-3H3. The molecule has 1 aliphatic heterocycles. The van der Waals surface area contributed by atoms with Crippen molar-refractivity contribution < 1.29 is 4.74 Å². The van der Waals surface area contributed by atoms with Crippen LogP contribution in [0.2, 0.25) is 0 Å². The lowest BCUT2D eigenvalue weighted by atomic mass is 10.1. The second-order valence-electron chi connectivity index (χ2n) is 3.13. The molecule has 1 saturated heterocycles. The monoisotopic (exact) mass is 143 g/mol. The molecule has 2 unspecified atom stereocenters. The van der Waals surface area contributed by atoms with E-state index in [1.165, 1.54) is 19.4 Å². The zero-order valence-corrected chi connectivity index (χ0v) is 7.13. The van der Waals surface area contributed by atoms with Crippen LogP contribution in [-0.4, -0.2) is 37.7 Å². The number of methoxy groups -OCH3 is 1. The highest BCUT2D eigenvalue weighted by atomic mass is 16.5. The molecule has 0 aromatic carbocycles. The van der Waals surface area contributed by atoms with Crippen molar-refractivity contribution in [2.45, 2.75) is 31.9 Å². The molecule has 0 aromatic rings. The fraction of sp³-hybridized carbons (Fsp3) is 1.00. The zero-order chi connectivity index (χ0) is 7.56. The van der Waals surface area contributed by atoms with Crippen LogP contribution in [0.3, 0.4) is 0 Å². The fourth-order valence-corrected chi connectivity index (χ4v) is 1.69. The largest absolute Gasteiger partial charge is 0.380 e. The van der Waals surface area contributed by atoms with Crippen LogP contribution in [-0.2, 0) is 4.74 Å². The molecule has 0 bridgehead atoms. The second kappa shape index (κ2) is 3.35. The predicted octanol–water partition coefficient (Wildman–Crippen LogP) is 1.12. The van der Waals surface area contributed by atoms with Gasteiger partial charge in [-0.3, -0.25) is 0 Å². The van der Waals surface area contributed by atoms with Crippen LogP contribution in [0, 0.1) is 0 Å².